The number of ether oxygens (including phenoxy) is 1. The number of carbonyl (C=O) groups is 1. The van der Waals surface area contributed by atoms with Crippen molar-refractivity contribution in [3.05, 3.63) is 36.3 Å². The number of carbonyl (C=O) groups excluding carboxylic acids is 1. The van der Waals surface area contributed by atoms with E-state index in [9.17, 15) is 4.79 Å². The summed E-state index contributed by atoms with van der Waals surface area (Å²) in [5.41, 5.74) is 10.8. The van der Waals surface area contributed by atoms with E-state index in [1.807, 2.05) is 17.0 Å². The van der Waals surface area contributed by atoms with Crippen LogP contribution in [0.2, 0.25) is 0 Å². The number of methoxy groups -OCH3 is 1. The van der Waals surface area contributed by atoms with E-state index in [0.717, 1.165) is 64.9 Å². The number of anilines is 1. The molecule has 1 aromatic carbocycles. The maximum absolute atomic E-state index is 12.6. The average molecular weight is 448 g/mol. The zero-order chi connectivity index (χ0) is 22.9. The average Bonchev–Trinajstić information content (AvgIpc) is 3.51. The van der Waals surface area contributed by atoms with E-state index >= 15 is 0 Å². The lowest BCUT2D eigenvalue weighted by molar-refractivity contribution is -0.133. The Morgan fingerprint density at radius 3 is 2.94 bits per heavy atom. The zero-order valence-electron chi connectivity index (χ0n) is 19.0. The Balaban J connectivity index is 1.57. The molecule has 33 heavy (non-hydrogen) atoms. The number of aryl methyl sites for hydroxylation is 1. The third-order valence-corrected chi connectivity index (χ3v) is 6.51. The van der Waals surface area contributed by atoms with Crippen LogP contribution < -0.4 is 5.73 Å². The lowest BCUT2D eigenvalue weighted by atomic mass is 9.96. The summed E-state index contributed by atoms with van der Waals surface area (Å²) in [6, 6.07) is 8.08. The van der Waals surface area contributed by atoms with Gasteiger partial charge in [0.1, 0.15) is 11.3 Å². The summed E-state index contributed by atoms with van der Waals surface area (Å²) in [5, 5.41) is 8.15. The first-order valence-electron chi connectivity index (χ1n) is 11.5. The van der Waals surface area contributed by atoms with Gasteiger partial charge < -0.3 is 19.9 Å². The fourth-order valence-electron chi connectivity index (χ4n) is 4.90. The summed E-state index contributed by atoms with van der Waals surface area (Å²) in [5.74, 6) is 1.71. The molecule has 9 nitrogen and oxygen atoms in total. The molecule has 0 saturated carbocycles. The van der Waals surface area contributed by atoms with Gasteiger partial charge in [0.15, 0.2) is 5.82 Å². The number of nitrogens with two attached hydrogens (primary N) is 1. The Morgan fingerprint density at radius 1 is 1.30 bits per heavy atom. The second-order valence-electron chi connectivity index (χ2n) is 8.52. The number of nitrogen functional groups attached to an aromatic ring is 1. The number of nitrogens with zero attached hydrogens (tertiary/aromatic N) is 5. The molecule has 4 heterocycles. The van der Waals surface area contributed by atoms with Gasteiger partial charge in [0.2, 0.25) is 5.91 Å². The minimum Gasteiger partial charge on any atom is -0.384 e. The summed E-state index contributed by atoms with van der Waals surface area (Å²) < 4.78 is 7.33. The molecule has 1 saturated heterocycles. The fraction of sp³-hybridized carbons (Fsp3) is 0.417. The molecular formula is C24H29N7O2. The van der Waals surface area contributed by atoms with Crippen molar-refractivity contribution in [2.24, 2.45) is 0 Å². The minimum absolute atomic E-state index is 0.137. The summed E-state index contributed by atoms with van der Waals surface area (Å²) in [4.78, 5) is 24.2. The normalized spacial score (nSPS) is 16.7. The number of benzene rings is 1. The summed E-state index contributed by atoms with van der Waals surface area (Å²) in [6.45, 7) is 4.78. The van der Waals surface area contributed by atoms with Gasteiger partial charge in [0.25, 0.3) is 0 Å². The van der Waals surface area contributed by atoms with E-state index in [4.69, 9.17) is 15.5 Å². The van der Waals surface area contributed by atoms with Crippen LogP contribution in [0, 0.1) is 0 Å². The highest BCUT2D eigenvalue weighted by atomic mass is 16.5. The van der Waals surface area contributed by atoms with Crippen LogP contribution in [0.1, 0.15) is 37.9 Å². The number of nitrogens with one attached hydrogen (secondary N) is 1. The molecule has 0 aliphatic carbocycles. The summed E-state index contributed by atoms with van der Waals surface area (Å²) in [6.07, 6.45) is 4.16. The number of likely N-dealkylation sites (tertiary alicyclic amines) is 1. The predicted molar refractivity (Wildman–Crippen MR) is 128 cm³/mol. The molecule has 172 valence electrons. The molecule has 0 radical (unpaired) electrons. The monoisotopic (exact) mass is 447 g/mol. The number of piperidine rings is 1. The van der Waals surface area contributed by atoms with Gasteiger partial charge >= 0.3 is 0 Å². The summed E-state index contributed by atoms with van der Waals surface area (Å²) in [7, 11) is 1.62. The van der Waals surface area contributed by atoms with Crippen LogP contribution in [0.4, 0.5) is 5.82 Å². The van der Waals surface area contributed by atoms with Crippen LogP contribution >= 0.6 is 0 Å². The quantitative estimate of drug-likeness (QED) is 0.469. The van der Waals surface area contributed by atoms with Crippen LogP contribution in [-0.2, 0) is 16.1 Å². The maximum atomic E-state index is 12.6. The molecule has 3 N–H and O–H groups in total. The van der Waals surface area contributed by atoms with Crippen molar-refractivity contribution in [3.63, 3.8) is 0 Å². The first kappa shape index (κ1) is 21.4. The van der Waals surface area contributed by atoms with Crippen LogP contribution in [0.3, 0.4) is 0 Å². The first-order chi connectivity index (χ1) is 16.1. The molecule has 1 aliphatic heterocycles. The van der Waals surface area contributed by atoms with Crippen molar-refractivity contribution < 1.29 is 9.53 Å². The molecule has 1 atom stereocenters. The van der Waals surface area contributed by atoms with Crippen LogP contribution in [0.5, 0.6) is 0 Å². The van der Waals surface area contributed by atoms with Gasteiger partial charge in [-0.1, -0.05) is 6.07 Å². The largest absolute Gasteiger partial charge is 0.384 e. The third kappa shape index (κ3) is 3.82. The minimum atomic E-state index is 0.137. The molecule has 1 aliphatic rings. The van der Waals surface area contributed by atoms with E-state index in [2.05, 4.69) is 38.8 Å². The molecule has 0 unspecified atom stereocenters. The number of hydrogen-bond acceptors (Lipinski definition) is 6. The standard InChI is InChI=1S/C24H29N7O2/c1-3-31-22-17-7-6-15(18-8-10-26-29-18)13-19(17)27-23(25)21(22)28-24(31)16-5-4-11-30(14-16)20(32)9-12-33-2/h6-8,10,13,16H,3-5,9,11-12,14H2,1-2H3,(H2,25,27)(H,26,29)/t16-/m0/s1. The highest BCUT2D eigenvalue weighted by molar-refractivity contribution is 6.07. The van der Waals surface area contributed by atoms with Gasteiger partial charge in [0, 0.05) is 49.8 Å². The Labute approximate surface area is 191 Å². The van der Waals surface area contributed by atoms with Gasteiger partial charge in [-0.15, -0.1) is 0 Å². The fourth-order valence-corrected chi connectivity index (χ4v) is 4.90. The van der Waals surface area contributed by atoms with Crippen molar-refractivity contribution in [2.75, 3.05) is 32.5 Å². The van der Waals surface area contributed by atoms with Crippen molar-refractivity contribution in [3.8, 4) is 11.3 Å². The molecule has 1 amide bonds. The Kier molecular flexibility index (Phi) is 5.72. The highest BCUT2D eigenvalue weighted by Gasteiger charge is 2.29. The molecule has 5 rings (SSSR count). The number of amides is 1. The van der Waals surface area contributed by atoms with Gasteiger partial charge in [-0.3, -0.25) is 9.89 Å². The topological polar surface area (TPSA) is 115 Å². The molecule has 9 heteroatoms. The lowest BCUT2D eigenvalue weighted by Gasteiger charge is -2.32. The number of aromatic nitrogens is 5. The molecule has 0 bridgehead atoms. The van der Waals surface area contributed by atoms with Gasteiger partial charge in [-0.25, -0.2) is 9.97 Å². The summed E-state index contributed by atoms with van der Waals surface area (Å²) >= 11 is 0. The smallest absolute Gasteiger partial charge is 0.224 e. The molecule has 1 fully saturated rings. The van der Waals surface area contributed by atoms with Crippen molar-refractivity contribution in [2.45, 2.75) is 38.6 Å². The van der Waals surface area contributed by atoms with Gasteiger partial charge in [-0.2, -0.15) is 5.10 Å². The van der Waals surface area contributed by atoms with Crippen LogP contribution in [0.15, 0.2) is 30.5 Å². The number of rotatable bonds is 6. The van der Waals surface area contributed by atoms with Crippen molar-refractivity contribution in [1.29, 1.82) is 0 Å². The second-order valence-corrected chi connectivity index (χ2v) is 8.52. The van der Waals surface area contributed by atoms with E-state index in [0.29, 0.717) is 25.4 Å². The number of pyridine rings is 1. The van der Waals surface area contributed by atoms with Crippen molar-refractivity contribution in [1.82, 2.24) is 29.6 Å². The van der Waals surface area contributed by atoms with Gasteiger partial charge in [-0.05, 0) is 38.0 Å². The number of imidazole rings is 1. The van der Waals surface area contributed by atoms with E-state index < -0.39 is 0 Å². The predicted octanol–water partition coefficient (Wildman–Crippen LogP) is 3.32. The van der Waals surface area contributed by atoms with Crippen LogP contribution in [-0.4, -0.2) is 62.3 Å². The lowest BCUT2D eigenvalue weighted by Crippen LogP contribution is -2.40. The van der Waals surface area contributed by atoms with E-state index in [1.165, 1.54) is 0 Å². The highest BCUT2D eigenvalue weighted by Crippen LogP contribution is 2.35. The molecule has 4 aromatic rings. The SMILES string of the molecule is CCn1c([C@H]2CCCN(C(=O)CCOC)C2)nc2c(N)nc3cc(-c4cc[nH]n4)ccc3c21. The van der Waals surface area contributed by atoms with E-state index in [-0.39, 0.29) is 11.8 Å². The molecular weight excluding hydrogens is 418 g/mol. The third-order valence-electron chi connectivity index (χ3n) is 6.51. The zero-order valence-corrected chi connectivity index (χ0v) is 19.0. The maximum Gasteiger partial charge on any atom is 0.224 e. The number of H-pyrrole nitrogens is 1. The first-order valence-corrected chi connectivity index (χ1v) is 11.5. The number of fused-ring (bicyclic) bond motifs is 3. The van der Waals surface area contributed by atoms with Crippen molar-refractivity contribution >= 4 is 33.7 Å². The Morgan fingerprint density at radius 2 is 2.18 bits per heavy atom. The Bertz CT molecular complexity index is 1300. The Hall–Kier alpha value is -3.46. The number of hydrogen-bond donors (Lipinski definition) is 2. The van der Waals surface area contributed by atoms with Gasteiger partial charge in [0.05, 0.1) is 29.8 Å². The van der Waals surface area contributed by atoms with E-state index in [1.54, 1.807) is 13.3 Å². The molecule has 3 aromatic heterocycles. The van der Waals surface area contributed by atoms with Crippen LogP contribution in [0.25, 0.3) is 33.2 Å². The second kappa shape index (κ2) is 8.82. The molecule has 0 spiro atoms. The number of aromatic amines is 1.